The van der Waals surface area contributed by atoms with Gasteiger partial charge in [-0.15, -0.1) is 0 Å². The lowest BCUT2D eigenvalue weighted by Gasteiger charge is -2.34. The van der Waals surface area contributed by atoms with Crippen LogP contribution in [0.15, 0.2) is 97.1 Å². The Morgan fingerprint density at radius 3 is 0.517 bits per heavy atom. The second kappa shape index (κ2) is 18.0. The first kappa shape index (κ1) is 45.6. The summed E-state index contributed by atoms with van der Waals surface area (Å²) in [6, 6.07) is 34.6. The van der Waals surface area contributed by atoms with E-state index in [-0.39, 0.29) is 47.3 Å². The molecule has 0 aliphatic carbocycles. The molecule has 0 amide bonds. The maximum Gasteiger partial charge on any atom is 0.172 e. The maximum atomic E-state index is 17.3. The molecule has 0 N–H and O–H groups in total. The molecule has 0 fully saturated rings. The lowest BCUT2D eigenvalue weighted by Crippen LogP contribution is -2.37. The minimum absolute atomic E-state index is 0.166. The van der Waals surface area contributed by atoms with Crippen LogP contribution in [0.2, 0.25) is 0 Å². The predicted octanol–water partition coefficient (Wildman–Crippen LogP) is 14.0. The first-order chi connectivity index (χ1) is 27.2. The van der Waals surface area contributed by atoms with Crippen molar-refractivity contribution in [1.29, 1.82) is 0 Å². The van der Waals surface area contributed by atoms with Gasteiger partial charge in [0.1, 0.15) is 0 Å². The molecular formula is C54H72O2P2. The standard InChI is InChI=1S/C54H72O2P2/c1-33(2)43-21-17-22-44(34(3)4)51(43)57(55,52-45(35(5)6)23-18-24-46(52)36(7)8)41-29-31-42(32-30-41)58(56,53-47(37(9)10)25-19-26-48(53)38(11)12)54-49(39(13)14)27-20-28-50(54)40(15)16/h17-40H,1-16H3. The van der Waals surface area contributed by atoms with Gasteiger partial charge in [-0.05, 0) is 91.9 Å². The van der Waals surface area contributed by atoms with E-state index in [0.29, 0.717) is 0 Å². The molecule has 0 aromatic heterocycles. The lowest BCUT2D eigenvalue weighted by molar-refractivity contribution is 0.590. The van der Waals surface area contributed by atoms with Crippen molar-refractivity contribution >= 4 is 46.1 Å². The normalized spacial score (nSPS) is 12.8. The monoisotopic (exact) mass is 815 g/mol. The molecule has 0 saturated heterocycles. The van der Waals surface area contributed by atoms with E-state index >= 15 is 9.13 Å². The Hall–Kier alpha value is -3.44. The summed E-state index contributed by atoms with van der Waals surface area (Å²) in [7, 11) is -7.10. The summed E-state index contributed by atoms with van der Waals surface area (Å²) in [4.78, 5) is 0. The van der Waals surface area contributed by atoms with Crippen molar-refractivity contribution in [2.45, 2.75) is 158 Å². The van der Waals surface area contributed by atoms with E-state index in [0.717, 1.165) is 76.3 Å². The predicted molar refractivity (Wildman–Crippen MR) is 258 cm³/mol. The average molecular weight is 815 g/mol. The van der Waals surface area contributed by atoms with Crippen molar-refractivity contribution in [2.24, 2.45) is 0 Å². The second-order valence-corrected chi connectivity index (χ2v) is 24.4. The Bertz CT molecular complexity index is 1910. The van der Waals surface area contributed by atoms with Crippen molar-refractivity contribution in [1.82, 2.24) is 0 Å². The zero-order chi connectivity index (χ0) is 43.0. The van der Waals surface area contributed by atoms with E-state index in [4.69, 9.17) is 0 Å². The molecule has 5 rings (SSSR count). The number of hydrogen-bond acceptors (Lipinski definition) is 2. The van der Waals surface area contributed by atoms with Gasteiger partial charge >= 0.3 is 0 Å². The minimum Gasteiger partial charge on any atom is -0.309 e. The summed E-state index contributed by atoms with van der Waals surface area (Å²) in [6.07, 6.45) is 0. The van der Waals surface area contributed by atoms with Gasteiger partial charge in [0.2, 0.25) is 0 Å². The van der Waals surface area contributed by atoms with Crippen LogP contribution in [0.4, 0.5) is 0 Å². The van der Waals surface area contributed by atoms with Crippen LogP contribution in [0.25, 0.3) is 0 Å². The summed E-state index contributed by atoms with van der Waals surface area (Å²) in [5, 5.41) is 5.51. The van der Waals surface area contributed by atoms with Crippen LogP contribution < -0.4 is 31.8 Å². The van der Waals surface area contributed by atoms with Gasteiger partial charge in [0.05, 0.1) is 0 Å². The summed E-state index contributed by atoms with van der Waals surface area (Å²) >= 11 is 0. The van der Waals surface area contributed by atoms with E-state index in [2.05, 4.69) is 208 Å². The molecule has 0 spiro atoms. The van der Waals surface area contributed by atoms with Gasteiger partial charge < -0.3 is 9.13 Å². The molecule has 310 valence electrons. The molecule has 0 saturated carbocycles. The van der Waals surface area contributed by atoms with Crippen molar-refractivity contribution in [3.05, 3.63) is 142 Å². The quantitative estimate of drug-likeness (QED) is 0.105. The molecule has 5 aromatic rings. The largest absolute Gasteiger partial charge is 0.309 e. The first-order valence-electron chi connectivity index (χ1n) is 22.1. The molecule has 58 heavy (non-hydrogen) atoms. The highest BCUT2D eigenvalue weighted by Gasteiger charge is 2.42. The van der Waals surface area contributed by atoms with Crippen LogP contribution in [0.5, 0.6) is 0 Å². The topological polar surface area (TPSA) is 34.1 Å². The van der Waals surface area contributed by atoms with E-state index in [9.17, 15) is 0 Å². The molecule has 0 heterocycles. The van der Waals surface area contributed by atoms with Crippen molar-refractivity contribution in [3.63, 3.8) is 0 Å². The Morgan fingerprint density at radius 2 is 0.397 bits per heavy atom. The van der Waals surface area contributed by atoms with Crippen LogP contribution in [-0.4, -0.2) is 0 Å². The van der Waals surface area contributed by atoms with Gasteiger partial charge in [-0.2, -0.15) is 0 Å². The highest BCUT2D eigenvalue weighted by Crippen LogP contribution is 2.53. The third kappa shape index (κ3) is 8.20. The van der Waals surface area contributed by atoms with Gasteiger partial charge in [0.15, 0.2) is 14.3 Å². The fraction of sp³-hybridized carbons (Fsp3) is 0.444. The Morgan fingerprint density at radius 1 is 0.259 bits per heavy atom. The molecule has 2 nitrogen and oxygen atoms in total. The lowest BCUT2D eigenvalue weighted by atomic mass is 9.95. The van der Waals surface area contributed by atoms with Crippen LogP contribution >= 0.6 is 14.3 Å². The third-order valence-electron chi connectivity index (χ3n) is 12.2. The fourth-order valence-corrected chi connectivity index (χ4v) is 17.3. The third-order valence-corrected chi connectivity index (χ3v) is 18.8. The summed E-state index contributed by atoms with van der Waals surface area (Å²) in [5.41, 5.74) is 9.09. The van der Waals surface area contributed by atoms with Gasteiger partial charge in [0, 0.05) is 31.8 Å². The average Bonchev–Trinajstić information content (AvgIpc) is 3.18. The smallest absolute Gasteiger partial charge is 0.172 e. The maximum absolute atomic E-state index is 17.3. The van der Waals surface area contributed by atoms with E-state index in [1.54, 1.807) is 0 Å². The van der Waals surface area contributed by atoms with E-state index in [1.165, 1.54) is 0 Å². The molecular weight excluding hydrogens is 743 g/mol. The second-order valence-electron chi connectivity index (χ2n) is 19.1. The van der Waals surface area contributed by atoms with Crippen LogP contribution in [0.1, 0.15) is 203 Å². The van der Waals surface area contributed by atoms with Gasteiger partial charge in [-0.3, -0.25) is 0 Å². The summed E-state index contributed by atoms with van der Waals surface area (Å²) in [6.45, 7) is 35.6. The SMILES string of the molecule is CC(C)c1cccc(C(C)C)c1P(=O)(c1ccc(P(=O)(c2c(C(C)C)cccc2C(C)C)c2c(C(C)C)cccc2C(C)C)cc1)c1c(C(C)C)cccc1C(C)C. The number of benzene rings is 5. The van der Waals surface area contributed by atoms with Crippen molar-refractivity contribution < 1.29 is 9.13 Å². The highest BCUT2D eigenvalue weighted by molar-refractivity contribution is 7.86. The number of rotatable bonds is 14. The van der Waals surface area contributed by atoms with Gasteiger partial charge in [-0.1, -0.05) is 208 Å². The molecule has 0 bridgehead atoms. The molecule has 0 aliphatic rings. The number of hydrogen-bond donors (Lipinski definition) is 0. The van der Waals surface area contributed by atoms with Crippen LogP contribution in [-0.2, 0) is 9.13 Å². The van der Waals surface area contributed by atoms with Crippen LogP contribution in [0, 0.1) is 0 Å². The summed E-state index contributed by atoms with van der Waals surface area (Å²) in [5.74, 6) is 1.33. The molecule has 0 unspecified atom stereocenters. The van der Waals surface area contributed by atoms with E-state index < -0.39 is 14.3 Å². The van der Waals surface area contributed by atoms with Gasteiger partial charge in [-0.25, -0.2) is 0 Å². The van der Waals surface area contributed by atoms with E-state index in [1.807, 2.05) is 0 Å². The molecule has 5 aromatic carbocycles. The Labute approximate surface area is 353 Å². The minimum atomic E-state index is -3.55. The zero-order valence-corrected chi connectivity index (χ0v) is 40.4. The Balaban J connectivity index is 2.02. The van der Waals surface area contributed by atoms with Gasteiger partial charge in [0.25, 0.3) is 0 Å². The first-order valence-corrected chi connectivity index (χ1v) is 25.5. The van der Waals surface area contributed by atoms with Crippen LogP contribution in [0.3, 0.4) is 0 Å². The Kier molecular flexibility index (Phi) is 14.2. The molecule has 0 aliphatic heterocycles. The molecule has 0 radical (unpaired) electrons. The van der Waals surface area contributed by atoms with Crippen molar-refractivity contribution in [3.8, 4) is 0 Å². The zero-order valence-electron chi connectivity index (χ0n) is 38.6. The summed E-state index contributed by atoms with van der Waals surface area (Å²) < 4.78 is 34.6. The fourth-order valence-electron chi connectivity index (χ4n) is 9.11. The van der Waals surface area contributed by atoms with Crippen molar-refractivity contribution in [2.75, 3.05) is 0 Å². The molecule has 4 heteroatoms. The highest BCUT2D eigenvalue weighted by atomic mass is 31.2. The molecule has 0 atom stereocenters.